The van der Waals surface area contributed by atoms with Crippen LogP contribution >= 0.6 is 23.4 Å². The number of hydrogen-bond donors (Lipinski definition) is 1. The minimum absolute atomic E-state index is 0.267. The molecule has 0 saturated heterocycles. The Morgan fingerprint density at radius 2 is 1.39 bits per heavy atom. The third-order valence-corrected chi connectivity index (χ3v) is 6.39. The minimum atomic E-state index is 0.267. The van der Waals surface area contributed by atoms with E-state index in [1.807, 2.05) is 60.7 Å². The maximum absolute atomic E-state index is 9.71. The highest BCUT2D eigenvalue weighted by Crippen LogP contribution is 2.27. The lowest BCUT2D eigenvalue weighted by atomic mass is 10.1. The van der Waals surface area contributed by atoms with Gasteiger partial charge in [0, 0.05) is 23.0 Å². The van der Waals surface area contributed by atoms with Crippen LogP contribution in [0.1, 0.15) is 11.1 Å². The normalized spacial score (nSPS) is 11.4. The first kappa shape index (κ1) is 23.0. The molecule has 0 atom stereocenters. The first-order chi connectivity index (χ1) is 16.2. The number of rotatable bonds is 7. The number of amidine groups is 1. The average molecular weight is 473 g/mol. The Kier molecular flexibility index (Phi) is 8.07. The molecular weight excluding hydrogens is 448 g/mol. The van der Waals surface area contributed by atoms with Gasteiger partial charge in [0.05, 0.1) is 5.69 Å². The maximum Gasteiger partial charge on any atom is 0.169 e. The summed E-state index contributed by atoms with van der Waals surface area (Å²) < 4.78 is 0. The molecule has 0 unspecified atom stereocenters. The molecule has 4 aromatic carbocycles. The average Bonchev–Trinajstić information content (AvgIpc) is 2.85. The molecule has 4 aromatic rings. The number of phenolic OH excluding ortho intramolecular Hbond substituents is 1. The van der Waals surface area contributed by atoms with Gasteiger partial charge in [0.1, 0.15) is 5.75 Å². The summed E-state index contributed by atoms with van der Waals surface area (Å²) >= 11 is 7.74. The highest BCUT2D eigenvalue weighted by Gasteiger charge is 2.15. The highest BCUT2D eigenvalue weighted by molar-refractivity contribution is 8.13. The summed E-state index contributed by atoms with van der Waals surface area (Å²) in [7, 11) is 0. The van der Waals surface area contributed by atoms with E-state index in [9.17, 15) is 5.11 Å². The molecule has 0 aliphatic carbocycles. The molecule has 0 spiro atoms. The number of nitrogens with zero attached hydrogens (tertiary/aromatic N) is 2. The molecule has 0 amide bonds. The minimum Gasteiger partial charge on any atom is -0.508 e. The summed E-state index contributed by atoms with van der Waals surface area (Å²) in [4.78, 5) is 8.44. The van der Waals surface area contributed by atoms with E-state index in [0.29, 0.717) is 11.6 Å². The SMILES string of the molecule is Oc1ccc(CN(CCc2ccccc2)C(=Nc2ccc(Cl)cc2)Sc2ccccc2)cc1. The highest BCUT2D eigenvalue weighted by atomic mass is 35.5. The van der Waals surface area contributed by atoms with Crippen LogP contribution in [-0.2, 0) is 13.0 Å². The quantitative estimate of drug-likeness (QED) is 0.171. The molecule has 0 aromatic heterocycles. The van der Waals surface area contributed by atoms with E-state index < -0.39 is 0 Å². The molecule has 4 rings (SSSR count). The van der Waals surface area contributed by atoms with E-state index in [2.05, 4.69) is 41.3 Å². The van der Waals surface area contributed by atoms with Crippen molar-refractivity contribution in [3.8, 4) is 5.75 Å². The van der Waals surface area contributed by atoms with Crippen molar-refractivity contribution in [2.75, 3.05) is 6.54 Å². The third kappa shape index (κ3) is 7.14. The topological polar surface area (TPSA) is 35.8 Å². The van der Waals surface area contributed by atoms with Gasteiger partial charge in [0.25, 0.3) is 0 Å². The Labute approximate surface area is 204 Å². The Morgan fingerprint density at radius 1 is 0.758 bits per heavy atom. The van der Waals surface area contributed by atoms with Crippen LogP contribution in [0.25, 0.3) is 0 Å². The molecule has 0 radical (unpaired) electrons. The summed E-state index contributed by atoms with van der Waals surface area (Å²) in [5.74, 6) is 0.267. The summed E-state index contributed by atoms with van der Waals surface area (Å²) in [5.41, 5.74) is 3.25. The number of benzene rings is 4. The van der Waals surface area contributed by atoms with Crippen molar-refractivity contribution in [3.63, 3.8) is 0 Å². The summed E-state index contributed by atoms with van der Waals surface area (Å²) in [5, 5.41) is 11.3. The molecule has 3 nitrogen and oxygen atoms in total. The van der Waals surface area contributed by atoms with Gasteiger partial charge in [-0.25, -0.2) is 4.99 Å². The fraction of sp³-hybridized carbons (Fsp3) is 0.107. The fourth-order valence-corrected chi connectivity index (χ4v) is 4.42. The molecule has 166 valence electrons. The van der Waals surface area contributed by atoms with Gasteiger partial charge >= 0.3 is 0 Å². The number of thioether (sulfide) groups is 1. The van der Waals surface area contributed by atoms with Gasteiger partial charge in [-0.15, -0.1) is 0 Å². The van der Waals surface area contributed by atoms with Gasteiger partial charge in [0.15, 0.2) is 5.17 Å². The second-order valence-electron chi connectivity index (χ2n) is 7.61. The van der Waals surface area contributed by atoms with Gasteiger partial charge in [0.2, 0.25) is 0 Å². The smallest absolute Gasteiger partial charge is 0.169 e. The van der Waals surface area contributed by atoms with Crippen LogP contribution in [0.5, 0.6) is 5.75 Å². The standard InChI is InChI=1S/C28H25ClN2OS/c29-24-13-15-25(16-14-24)30-28(33-27-9-5-2-6-10-27)31(20-19-22-7-3-1-4-8-22)21-23-11-17-26(32)18-12-23/h1-18,32H,19-21H2. The lowest BCUT2D eigenvalue weighted by molar-refractivity contribution is 0.424. The van der Waals surface area contributed by atoms with Gasteiger partial charge < -0.3 is 10.0 Å². The van der Waals surface area contributed by atoms with E-state index in [4.69, 9.17) is 16.6 Å². The van der Waals surface area contributed by atoms with Crippen LogP contribution in [-0.4, -0.2) is 21.7 Å². The first-order valence-corrected chi connectivity index (χ1v) is 12.0. The van der Waals surface area contributed by atoms with E-state index in [1.165, 1.54) is 5.56 Å². The van der Waals surface area contributed by atoms with Crippen molar-refractivity contribution in [3.05, 3.63) is 125 Å². The zero-order valence-electron chi connectivity index (χ0n) is 18.1. The van der Waals surface area contributed by atoms with Gasteiger partial charge in [-0.3, -0.25) is 0 Å². The molecule has 0 aliphatic heterocycles. The maximum atomic E-state index is 9.71. The zero-order chi connectivity index (χ0) is 22.9. The number of aliphatic imine (C=N–C) groups is 1. The molecule has 1 N–H and O–H groups in total. The lowest BCUT2D eigenvalue weighted by Crippen LogP contribution is -2.30. The second-order valence-corrected chi connectivity index (χ2v) is 9.09. The predicted molar refractivity (Wildman–Crippen MR) is 140 cm³/mol. The van der Waals surface area contributed by atoms with Gasteiger partial charge in [-0.1, -0.05) is 84.0 Å². The number of phenols is 1. The van der Waals surface area contributed by atoms with Crippen LogP contribution in [0.3, 0.4) is 0 Å². The molecule has 0 aliphatic rings. The van der Waals surface area contributed by atoms with E-state index in [0.717, 1.165) is 34.3 Å². The molecular formula is C28H25ClN2OS. The van der Waals surface area contributed by atoms with Crippen LogP contribution in [0.2, 0.25) is 5.02 Å². The molecule has 33 heavy (non-hydrogen) atoms. The fourth-order valence-electron chi connectivity index (χ4n) is 3.35. The van der Waals surface area contributed by atoms with Crippen LogP contribution in [0.4, 0.5) is 5.69 Å². The van der Waals surface area contributed by atoms with E-state index in [-0.39, 0.29) is 5.75 Å². The van der Waals surface area contributed by atoms with Crippen LogP contribution in [0, 0.1) is 0 Å². The van der Waals surface area contributed by atoms with Gasteiger partial charge in [-0.2, -0.15) is 0 Å². The van der Waals surface area contributed by atoms with Crippen molar-refractivity contribution >= 4 is 34.2 Å². The molecule has 0 saturated carbocycles. The predicted octanol–water partition coefficient (Wildman–Crippen LogP) is 7.57. The van der Waals surface area contributed by atoms with E-state index >= 15 is 0 Å². The molecule has 5 heteroatoms. The summed E-state index contributed by atoms with van der Waals surface area (Å²) in [6, 6.07) is 35.7. The van der Waals surface area contributed by atoms with Crippen molar-refractivity contribution in [2.45, 2.75) is 17.9 Å². The first-order valence-electron chi connectivity index (χ1n) is 10.8. The third-order valence-electron chi connectivity index (χ3n) is 5.10. The lowest BCUT2D eigenvalue weighted by Gasteiger charge is -2.26. The van der Waals surface area contributed by atoms with Crippen molar-refractivity contribution < 1.29 is 5.11 Å². The Bertz CT molecular complexity index is 1160. The number of halogens is 1. The second kappa shape index (κ2) is 11.6. The Morgan fingerprint density at radius 3 is 2.06 bits per heavy atom. The summed E-state index contributed by atoms with van der Waals surface area (Å²) in [6.07, 6.45) is 0.897. The largest absolute Gasteiger partial charge is 0.508 e. The van der Waals surface area contributed by atoms with Gasteiger partial charge in [-0.05, 0) is 66.1 Å². The monoisotopic (exact) mass is 472 g/mol. The zero-order valence-corrected chi connectivity index (χ0v) is 19.7. The molecule has 0 fully saturated rings. The van der Waals surface area contributed by atoms with Crippen LogP contribution < -0.4 is 0 Å². The Balaban J connectivity index is 1.67. The number of hydrogen-bond acceptors (Lipinski definition) is 3. The molecule has 0 bridgehead atoms. The van der Waals surface area contributed by atoms with E-state index in [1.54, 1.807) is 23.9 Å². The van der Waals surface area contributed by atoms with Crippen molar-refractivity contribution in [2.24, 2.45) is 4.99 Å². The van der Waals surface area contributed by atoms with Crippen molar-refractivity contribution in [1.82, 2.24) is 4.90 Å². The van der Waals surface area contributed by atoms with Crippen molar-refractivity contribution in [1.29, 1.82) is 0 Å². The summed E-state index contributed by atoms with van der Waals surface area (Å²) in [6.45, 7) is 1.48. The van der Waals surface area contributed by atoms with Crippen LogP contribution in [0.15, 0.2) is 119 Å². The number of aromatic hydroxyl groups is 1. The molecule has 0 heterocycles. The Hall–Kier alpha value is -3.21.